The Balaban J connectivity index is 1.55. The molecule has 0 bridgehead atoms. The maximum absolute atomic E-state index is 12.5. The maximum Gasteiger partial charge on any atom is 0.519 e. The fraction of sp³-hybridized carbons (Fsp3) is 0.406. The Kier molecular flexibility index (Phi) is 9.85. The zero-order valence-electron chi connectivity index (χ0n) is 25.0. The maximum atomic E-state index is 12.5. The molecule has 0 saturated heterocycles. The summed E-state index contributed by atoms with van der Waals surface area (Å²) in [6, 6.07) is 22.7. The molecule has 0 aliphatic carbocycles. The highest BCUT2D eigenvalue weighted by Crippen LogP contribution is 2.33. The second-order valence-corrected chi connectivity index (χ2v) is 21.3. The molecule has 0 aliphatic heterocycles. The van der Waals surface area contributed by atoms with Gasteiger partial charge in [0.05, 0.1) is 7.11 Å². The second kappa shape index (κ2) is 12.5. The van der Waals surface area contributed by atoms with E-state index in [9.17, 15) is 4.79 Å². The first-order valence-corrected chi connectivity index (χ1v) is 20.2. The van der Waals surface area contributed by atoms with Gasteiger partial charge in [-0.2, -0.15) is 0 Å². The van der Waals surface area contributed by atoms with Gasteiger partial charge in [0.1, 0.15) is 17.2 Å². The molecule has 0 atom stereocenters. The van der Waals surface area contributed by atoms with Crippen LogP contribution in [0.25, 0.3) is 0 Å². The van der Waals surface area contributed by atoms with Gasteiger partial charge >= 0.3 is 6.16 Å². The third-order valence-corrected chi connectivity index (χ3v) is 13.1. The van der Waals surface area contributed by atoms with Crippen LogP contribution in [0.15, 0.2) is 66.7 Å². The molecule has 3 aromatic rings. The molecule has 0 fully saturated rings. The summed E-state index contributed by atoms with van der Waals surface area (Å²) in [7, 11) is -1.49. The van der Waals surface area contributed by atoms with E-state index in [1.807, 2.05) is 43.3 Å². The minimum atomic E-state index is -1.64. The Labute approximate surface area is 236 Å². The molecule has 0 spiro atoms. The van der Waals surface area contributed by atoms with E-state index in [0.717, 1.165) is 35.8 Å². The molecule has 3 rings (SSSR count). The van der Waals surface area contributed by atoms with Crippen LogP contribution < -0.4 is 14.2 Å². The molecule has 0 unspecified atom stereocenters. The van der Waals surface area contributed by atoms with E-state index < -0.39 is 22.8 Å². The van der Waals surface area contributed by atoms with Crippen molar-refractivity contribution < 1.29 is 23.1 Å². The Bertz CT molecular complexity index is 1240. The monoisotopic (exact) mass is 564 g/mol. The average molecular weight is 565 g/mol. The zero-order chi connectivity index (χ0) is 28.8. The highest BCUT2D eigenvalue weighted by Gasteiger charge is 2.29. The largest absolute Gasteiger partial charge is 0.519 e. The molecule has 7 heteroatoms. The highest BCUT2D eigenvalue weighted by molar-refractivity contribution is 6.84. The average Bonchev–Trinajstić information content (AvgIpc) is 2.84. The Morgan fingerprint density at radius 2 is 1.36 bits per heavy atom. The summed E-state index contributed by atoms with van der Waals surface area (Å²) in [4.78, 5) is 12.5. The normalized spacial score (nSPS) is 12.2. The van der Waals surface area contributed by atoms with Crippen LogP contribution in [0.1, 0.15) is 42.5 Å². The first kappa shape index (κ1) is 30.7. The van der Waals surface area contributed by atoms with Gasteiger partial charge in [-0.25, -0.2) is 4.79 Å². The van der Waals surface area contributed by atoms with Gasteiger partial charge < -0.3 is 18.3 Å². The van der Waals surface area contributed by atoms with Crippen LogP contribution in [0.5, 0.6) is 17.2 Å². The topological polar surface area (TPSA) is 54.0 Å². The second-order valence-electron chi connectivity index (χ2n) is 12.3. The van der Waals surface area contributed by atoms with Crippen molar-refractivity contribution in [1.29, 1.82) is 0 Å². The van der Waals surface area contributed by atoms with Gasteiger partial charge in [-0.3, -0.25) is 0 Å². The van der Waals surface area contributed by atoms with Crippen LogP contribution in [-0.2, 0) is 16.0 Å². The van der Waals surface area contributed by atoms with Crippen molar-refractivity contribution in [2.45, 2.75) is 77.8 Å². The highest BCUT2D eigenvalue weighted by atomic mass is 28.4. The predicted molar refractivity (Wildman–Crippen MR) is 164 cm³/mol. The fourth-order valence-electron chi connectivity index (χ4n) is 4.90. The van der Waals surface area contributed by atoms with Crippen molar-refractivity contribution in [3.8, 4) is 17.2 Å². The van der Waals surface area contributed by atoms with Gasteiger partial charge in [0.15, 0.2) is 16.6 Å². The third kappa shape index (κ3) is 9.09. The first-order chi connectivity index (χ1) is 18.2. The van der Waals surface area contributed by atoms with Crippen molar-refractivity contribution in [3.63, 3.8) is 0 Å². The minimum Gasteiger partial charge on any atom is -0.497 e. The number of rotatable bonds is 11. The summed E-state index contributed by atoms with van der Waals surface area (Å²) in [6.45, 7) is 17.7. The lowest BCUT2D eigenvalue weighted by Crippen LogP contribution is -2.42. The molecule has 0 radical (unpaired) electrons. The van der Waals surface area contributed by atoms with Crippen molar-refractivity contribution in [2.24, 2.45) is 0 Å². The Morgan fingerprint density at radius 3 is 1.87 bits per heavy atom. The number of carbonyl (C=O) groups is 1. The molecule has 5 nitrogen and oxygen atoms in total. The number of methoxy groups -OCH3 is 1. The van der Waals surface area contributed by atoms with Crippen LogP contribution in [0.3, 0.4) is 0 Å². The molecule has 0 N–H and O–H groups in total. The van der Waals surface area contributed by atoms with Crippen LogP contribution in [-0.4, -0.2) is 29.9 Å². The van der Waals surface area contributed by atoms with E-state index in [4.69, 9.17) is 18.3 Å². The smallest absolute Gasteiger partial charge is 0.497 e. The van der Waals surface area contributed by atoms with Crippen LogP contribution in [0.2, 0.25) is 38.8 Å². The Morgan fingerprint density at radius 1 is 0.795 bits per heavy atom. The van der Waals surface area contributed by atoms with E-state index in [-0.39, 0.29) is 5.41 Å². The molecular formula is C32H44O5Si2. The summed E-state index contributed by atoms with van der Waals surface area (Å²) in [5, 5.41) is 0. The number of hydrogen-bond donors (Lipinski definition) is 0. The summed E-state index contributed by atoms with van der Waals surface area (Å²) in [6.07, 6.45) is 1.33. The minimum absolute atomic E-state index is 0.219. The third-order valence-electron chi connectivity index (χ3n) is 6.85. The van der Waals surface area contributed by atoms with Gasteiger partial charge in [-0.05, 0) is 111 Å². The number of benzene rings is 3. The van der Waals surface area contributed by atoms with E-state index in [0.29, 0.717) is 11.5 Å². The van der Waals surface area contributed by atoms with Crippen LogP contribution in [0, 0.1) is 6.92 Å². The number of carbonyl (C=O) groups excluding carboxylic acids is 1. The lowest BCUT2D eigenvalue weighted by Gasteiger charge is -2.31. The molecule has 3 aromatic carbocycles. The summed E-state index contributed by atoms with van der Waals surface area (Å²) in [5.41, 5.74) is 4.21. The van der Waals surface area contributed by atoms with Crippen molar-refractivity contribution in [1.82, 2.24) is 0 Å². The van der Waals surface area contributed by atoms with Crippen LogP contribution >= 0.6 is 0 Å². The van der Waals surface area contributed by atoms with Gasteiger partial charge in [-0.1, -0.05) is 50.2 Å². The molecule has 0 aromatic heterocycles. The molecule has 0 aliphatic rings. The predicted octanol–water partition coefficient (Wildman–Crippen LogP) is 8.90. The molecule has 0 saturated carbocycles. The SMILES string of the molecule is COc1ccc(C(C)(C)c2ccc(OC(=O)Oc3ccc(CCC[Si](C)(C)O[Si](C)(C)C)cc3C)cc2)cc1. The molecular weight excluding hydrogens is 521 g/mol. The lowest BCUT2D eigenvalue weighted by atomic mass is 9.78. The van der Waals surface area contributed by atoms with E-state index in [2.05, 4.69) is 64.8 Å². The van der Waals surface area contributed by atoms with Crippen molar-refractivity contribution in [2.75, 3.05) is 7.11 Å². The van der Waals surface area contributed by atoms with Crippen molar-refractivity contribution in [3.05, 3.63) is 89.0 Å². The molecule has 0 heterocycles. The summed E-state index contributed by atoms with van der Waals surface area (Å²) >= 11 is 0. The number of hydrogen-bond acceptors (Lipinski definition) is 5. The number of ether oxygens (including phenoxy) is 3. The Hall–Kier alpha value is -2.88. The van der Waals surface area contributed by atoms with Gasteiger partial charge in [-0.15, -0.1) is 0 Å². The molecule has 0 amide bonds. The van der Waals surface area contributed by atoms with E-state index in [1.165, 1.54) is 11.1 Å². The lowest BCUT2D eigenvalue weighted by molar-refractivity contribution is 0.151. The fourth-order valence-corrected chi connectivity index (χ4v) is 13.0. The van der Waals surface area contributed by atoms with Gasteiger partial charge in [0.2, 0.25) is 0 Å². The van der Waals surface area contributed by atoms with Crippen molar-refractivity contribution >= 4 is 22.8 Å². The van der Waals surface area contributed by atoms with E-state index >= 15 is 0 Å². The van der Waals surface area contributed by atoms with Crippen LogP contribution in [0.4, 0.5) is 4.79 Å². The summed E-state index contributed by atoms with van der Waals surface area (Å²) < 4.78 is 22.7. The molecule has 39 heavy (non-hydrogen) atoms. The standard InChI is InChI=1S/C32H44O5Si2/c1-24-23-25(11-10-22-39(8,9)37-38(5,6)7)12-21-30(24)36-31(33)35-29-19-15-27(16-20-29)32(2,3)26-13-17-28(34-4)18-14-26/h12-21,23H,10-11,22H2,1-9H3. The first-order valence-electron chi connectivity index (χ1n) is 13.6. The molecule has 210 valence electrons. The van der Waals surface area contributed by atoms with Gasteiger partial charge in [0, 0.05) is 5.41 Å². The zero-order valence-corrected chi connectivity index (χ0v) is 27.0. The summed E-state index contributed by atoms with van der Waals surface area (Å²) in [5.74, 6) is 1.78. The quantitative estimate of drug-likeness (QED) is 0.132. The number of aryl methyl sites for hydroxylation is 2. The van der Waals surface area contributed by atoms with E-state index in [1.54, 1.807) is 19.2 Å². The van der Waals surface area contributed by atoms with Gasteiger partial charge in [0.25, 0.3) is 0 Å².